The Bertz CT molecular complexity index is 706. The maximum atomic E-state index is 5.42. The van der Waals surface area contributed by atoms with E-state index >= 15 is 0 Å². The van der Waals surface area contributed by atoms with Gasteiger partial charge < -0.3 is 14.4 Å². The Hall–Kier alpha value is -2.19. The van der Waals surface area contributed by atoms with E-state index in [-0.39, 0.29) is 0 Å². The molecule has 4 heterocycles. The molecule has 0 radical (unpaired) electrons. The van der Waals surface area contributed by atoms with Gasteiger partial charge in [0.1, 0.15) is 5.69 Å². The van der Waals surface area contributed by atoms with Crippen LogP contribution in [0.15, 0.2) is 18.5 Å². The smallest absolute Gasteiger partial charge is 0.226 e. The molecule has 2 aromatic heterocycles. The zero-order valence-electron chi connectivity index (χ0n) is 14.1. The highest BCUT2D eigenvalue weighted by molar-refractivity contribution is 5.64. The van der Waals surface area contributed by atoms with Crippen molar-refractivity contribution in [1.82, 2.24) is 24.6 Å². The topological polar surface area (TPSA) is 68.5 Å². The van der Waals surface area contributed by atoms with Crippen LogP contribution in [0.3, 0.4) is 0 Å². The summed E-state index contributed by atoms with van der Waals surface area (Å²) in [6.45, 7) is 5.61. The molecule has 0 spiro atoms. The molecule has 0 aliphatic carbocycles. The van der Waals surface area contributed by atoms with Crippen LogP contribution in [-0.4, -0.2) is 77.2 Å². The van der Waals surface area contributed by atoms with Gasteiger partial charge in [0.2, 0.25) is 5.95 Å². The van der Waals surface area contributed by atoms with Crippen molar-refractivity contribution in [2.45, 2.75) is 6.04 Å². The van der Waals surface area contributed by atoms with Crippen molar-refractivity contribution < 1.29 is 9.47 Å². The second-order valence-corrected chi connectivity index (χ2v) is 6.13. The van der Waals surface area contributed by atoms with E-state index in [9.17, 15) is 0 Å². The molecule has 2 fully saturated rings. The average molecular weight is 330 g/mol. The van der Waals surface area contributed by atoms with Gasteiger partial charge in [0.15, 0.2) is 5.75 Å². The zero-order chi connectivity index (χ0) is 16.5. The zero-order valence-corrected chi connectivity index (χ0v) is 14.1. The highest BCUT2D eigenvalue weighted by atomic mass is 16.5. The summed E-state index contributed by atoms with van der Waals surface area (Å²) < 4.78 is 12.6. The Labute approximate surface area is 141 Å². The third kappa shape index (κ3) is 2.71. The minimum atomic E-state index is 0.569. The summed E-state index contributed by atoms with van der Waals surface area (Å²) in [5, 5.41) is 4.22. The van der Waals surface area contributed by atoms with Crippen LogP contribution in [0.1, 0.15) is 0 Å². The minimum absolute atomic E-state index is 0.569. The van der Waals surface area contributed by atoms with Gasteiger partial charge in [0, 0.05) is 45.5 Å². The molecule has 2 aromatic rings. The first-order valence-corrected chi connectivity index (χ1v) is 8.22. The molecule has 0 aromatic carbocycles. The monoisotopic (exact) mass is 330 g/mol. The number of hydrogen-bond acceptors (Lipinski definition) is 7. The van der Waals surface area contributed by atoms with Crippen LogP contribution < -0.4 is 9.64 Å². The fourth-order valence-corrected chi connectivity index (χ4v) is 3.25. The van der Waals surface area contributed by atoms with Crippen molar-refractivity contribution in [1.29, 1.82) is 0 Å². The number of anilines is 1. The number of aryl methyl sites for hydroxylation is 1. The minimum Gasteiger partial charge on any atom is -0.493 e. The SMILES string of the molecule is COc1cnc(N2CC(N3CCOCC3)C2)nc1-c1ccnn1C. The number of methoxy groups -OCH3 is 1. The largest absolute Gasteiger partial charge is 0.493 e. The lowest BCUT2D eigenvalue weighted by atomic mass is 10.1. The maximum absolute atomic E-state index is 5.42. The molecule has 24 heavy (non-hydrogen) atoms. The van der Waals surface area contributed by atoms with Crippen LogP contribution in [-0.2, 0) is 11.8 Å². The van der Waals surface area contributed by atoms with Crippen molar-refractivity contribution in [3.05, 3.63) is 18.5 Å². The Morgan fingerprint density at radius 1 is 1.25 bits per heavy atom. The lowest BCUT2D eigenvalue weighted by Gasteiger charge is -2.46. The quantitative estimate of drug-likeness (QED) is 0.804. The first-order valence-electron chi connectivity index (χ1n) is 8.22. The van der Waals surface area contributed by atoms with Gasteiger partial charge in [-0.15, -0.1) is 0 Å². The number of ether oxygens (including phenoxy) is 2. The number of hydrogen-bond donors (Lipinski definition) is 0. The molecule has 2 aliphatic heterocycles. The highest BCUT2D eigenvalue weighted by Crippen LogP contribution is 2.30. The molecule has 4 rings (SSSR count). The molecule has 2 saturated heterocycles. The van der Waals surface area contributed by atoms with Crippen LogP contribution in [0.5, 0.6) is 5.75 Å². The van der Waals surface area contributed by atoms with Crippen LogP contribution in [0.25, 0.3) is 11.4 Å². The van der Waals surface area contributed by atoms with Crippen molar-refractivity contribution in [3.63, 3.8) is 0 Å². The van der Waals surface area contributed by atoms with Crippen molar-refractivity contribution in [2.24, 2.45) is 7.05 Å². The fraction of sp³-hybridized carbons (Fsp3) is 0.562. The van der Waals surface area contributed by atoms with Gasteiger partial charge >= 0.3 is 0 Å². The van der Waals surface area contributed by atoms with Gasteiger partial charge in [-0.2, -0.15) is 5.10 Å². The van der Waals surface area contributed by atoms with Gasteiger partial charge in [0.05, 0.1) is 32.2 Å². The summed E-state index contributed by atoms with van der Waals surface area (Å²) in [4.78, 5) is 13.9. The average Bonchev–Trinajstić information content (AvgIpc) is 3.00. The van der Waals surface area contributed by atoms with E-state index in [1.807, 2.05) is 13.1 Å². The molecular formula is C16H22N6O2. The molecule has 8 nitrogen and oxygen atoms in total. The van der Waals surface area contributed by atoms with E-state index in [0.29, 0.717) is 11.8 Å². The molecule has 0 N–H and O–H groups in total. The standard InChI is InChI=1S/C16H22N6O2/c1-20-13(3-4-18-20)15-14(23-2)9-17-16(19-15)22-10-12(11-22)21-5-7-24-8-6-21/h3-4,9,12H,5-8,10-11H2,1-2H3. The first-order chi connectivity index (χ1) is 11.8. The predicted octanol–water partition coefficient (Wildman–Crippen LogP) is 0.407. The van der Waals surface area contributed by atoms with Gasteiger partial charge in [-0.25, -0.2) is 9.97 Å². The van der Waals surface area contributed by atoms with Crippen molar-refractivity contribution >= 4 is 5.95 Å². The number of rotatable bonds is 4. The first kappa shape index (κ1) is 15.3. The lowest BCUT2D eigenvalue weighted by Crippen LogP contribution is -2.62. The predicted molar refractivity (Wildman–Crippen MR) is 89.2 cm³/mol. The summed E-state index contributed by atoms with van der Waals surface area (Å²) in [7, 11) is 3.53. The summed E-state index contributed by atoms with van der Waals surface area (Å²) >= 11 is 0. The Kier molecular flexibility index (Phi) is 4.07. The second kappa shape index (κ2) is 6.37. The Balaban J connectivity index is 1.52. The van der Waals surface area contributed by atoms with Gasteiger partial charge in [-0.1, -0.05) is 0 Å². The van der Waals surface area contributed by atoms with E-state index in [1.165, 1.54) is 0 Å². The summed E-state index contributed by atoms with van der Waals surface area (Å²) in [6.07, 6.45) is 3.50. The molecular weight excluding hydrogens is 308 g/mol. The molecule has 0 bridgehead atoms. The van der Waals surface area contributed by atoms with E-state index in [4.69, 9.17) is 14.5 Å². The van der Waals surface area contributed by atoms with Crippen LogP contribution in [0.4, 0.5) is 5.95 Å². The molecule has 0 unspecified atom stereocenters. The number of aromatic nitrogens is 4. The van der Waals surface area contributed by atoms with Gasteiger partial charge in [-0.3, -0.25) is 9.58 Å². The van der Waals surface area contributed by atoms with Gasteiger partial charge in [0.25, 0.3) is 0 Å². The van der Waals surface area contributed by atoms with Crippen LogP contribution >= 0.6 is 0 Å². The maximum Gasteiger partial charge on any atom is 0.226 e. The Morgan fingerprint density at radius 2 is 2.04 bits per heavy atom. The van der Waals surface area contributed by atoms with Crippen molar-refractivity contribution in [2.75, 3.05) is 51.4 Å². The second-order valence-electron chi connectivity index (χ2n) is 6.13. The Morgan fingerprint density at radius 3 is 2.71 bits per heavy atom. The number of morpholine rings is 1. The van der Waals surface area contributed by atoms with Crippen LogP contribution in [0.2, 0.25) is 0 Å². The summed E-state index contributed by atoms with van der Waals surface area (Å²) in [6, 6.07) is 2.50. The van der Waals surface area contributed by atoms with Crippen LogP contribution in [0, 0.1) is 0 Å². The summed E-state index contributed by atoms with van der Waals surface area (Å²) in [5.41, 5.74) is 1.69. The molecule has 0 amide bonds. The molecule has 128 valence electrons. The third-order valence-corrected chi connectivity index (χ3v) is 4.73. The lowest BCUT2D eigenvalue weighted by molar-refractivity contribution is 0.0103. The molecule has 0 atom stereocenters. The van der Waals surface area contributed by atoms with E-state index in [1.54, 1.807) is 24.2 Å². The molecule has 0 saturated carbocycles. The van der Waals surface area contributed by atoms with E-state index in [2.05, 4.69) is 19.9 Å². The summed E-state index contributed by atoms with van der Waals surface area (Å²) in [5.74, 6) is 1.41. The van der Waals surface area contributed by atoms with Crippen molar-refractivity contribution in [3.8, 4) is 17.1 Å². The van der Waals surface area contributed by atoms with E-state index in [0.717, 1.165) is 56.7 Å². The van der Waals surface area contributed by atoms with E-state index < -0.39 is 0 Å². The fourth-order valence-electron chi connectivity index (χ4n) is 3.25. The molecule has 2 aliphatic rings. The van der Waals surface area contributed by atoms with Gasteiger partial charge in [-0.05, 0) is 6.07 Å². The highest BCUT2D eigenvalue weighted by Gasteiger charge is 2.34. The third-order valence-electron chi connectivity index (χ3n) is 4.73. The normalized spacial score (nSPS) is 19.3. The number of nitrogens with zero attached hydrogens (tertiary/aromatic N) is 6. The molecule has 8 heteroatoms.